The highest BCUT2D eigenvalue weighted by Crippen LogP contribution is 2.23. The topological polar surface area (TPSA) is 66.8 Å². The first-order valence-corrected chi connectivity index (χ1v) is 8.21. The summed E-state index contributed by atoms with van der Waals surface area (Å²) in [5, 5.41) is 8.79. The zero-order valence-electron chi connectivity index (χ0n) is 13.7. The summed E-state index contributed by atoms with van der Waals surface area (Å²) in [4.78, 5) is 25.0. The molecule has 0 aromatic heterocycles. The van der Waals surface area contributed by atoms with Crippen molar-refractivity contribution in [2.75, 3.05) is 20.2 Å². The van der Waals surface area contributed by atoms with Crippen molar-refractivity contribution >= 4 is 11.9 Å². The van der Waals surface area contributed by atoms with E-state index < -0.39 is 5.97 Å². The van der Waals surface area contributed by atoms with Gasteiger partial charge in [-0.25, -0.2) is 0 Å². The zero-order chi connectivity index (χ0) is 16.7. The molecule has 5 nitrogen and oxygen atoms in total. The number of carbonyl (C=O) groups excluding carboxylic acids is 1. The van der Waals surface area contributed by atoms with E-state index in [0.717, 1.165) is 30.7 Å². The number of carboxylic acid groups (broad SMARTS) is 1. The Bertz CT molecular complexity index is 544. The molecule has 1 saturated heterocycles. The molecule has 0 bridgehead atoms. The first kappa shape index (κ1) is 17.3. The number of hydrogen-bond acceptors (Lipinski definition) is 3. The quantitative estimate of drug-likeness (QED) is 0.839. The van der Waals surface area contributed by atoms with E-state index in [4.69, 9.17) is 9.84 Å². The first-order valence-electron chi connectivity index (χ1n) is 8.21. The first-order chi connectivity index (χ1) is 11.1. The Morgan fingerprint density at radius 3 is 2.83 bits per heavy atom. The van der Waals surface area contributed by atoms with Crippen molar-refractivity contribution in [1.82, 2.24) is 4.90 Å². The highest BCUT2D eigenvalue weighted by molar-refractivity contribution is 5.76. The van der Waals surface area contributed by atoms with Gasteiger partial charge in [-0.15, -0.1) is 0 Å². The van der Waals surface area contributed by atoms with Crippen LogP contribution in [-0.4, -0.2) is 42.1 Å². The average Bonchev–Trinajstić information content (AvgIpc) is 2.58. The summed E-state index contributed by atoms with van der Waals surface area (Å²) in [5.41, 5.74) is 1.04. The van der Waals surface area contributed by atoms with Gasteiger partial charge in [-0.1, -0.05) is 18.2 Å². The number of ether oxygens (including phenoxy) is 1. The van der Waals surface area contributed by atoms with Crippen LogP contribution in [0.15, 0.2) is 24.3 Å². The Morgan fingerprint density at radius 2 is 2.09 bits per heavy atom. The number of carboxylic acids is 1. The number of piperidine rings is 1. The summed E-state index contributed by atoms with van der Waals surface area (Å²) in [7, 11) is 1.64. The van der Waals surface area contributed by atoms with Crippen LogP contribution in [0.5, 0.6) is 5.75 Å². The molecule has 1 aromatic carbocycles. The van der Waals surface area contributed by atoms with E-state index in [1.165, 1.54) is 0 Å². The van der Waals surface area contributed by atoms with Crippen LogP contribution in [0.3, 0.4) is 0 Å². The predicted octanol–water partition coefficient (Wildman–Crippen LogP) is 2.73. The van der Waals surface area contributed by atoms with Crippen LogP contribution in [0, 0.1) is 5.92 Å². The SMILES string of the molecule is COc1ccccc1CCC(=O)N1CCC[C@@H](CCC(=O)O)C1. The van der Waals surface area contributed by atoms with E-state index in [0.29, 0.717) is 31.7 Å². The Hall–Kier alpha value is -2.04. The second-order valence-corrected chi connectivity index (χ2v) is 6.09. The molecule has 0 aliphatic carbocycles. The third-order valence-electron chi connectivity index (χ3n) is 4.44. The van der Waals surface area contributed by atoms with Crippen molar-refractivity contribution in [3.63, 3.8) is 0 Å². The van der Waals surface area contributed by atoms with Crippen LogP contribution in [0.4, 0.5) is 0 Å². The van der Waals surface area contributed by atoms with Gasteiger partial charge in [0, 0.05) is 25.9 Å². The molecule has 1 amide bonds. The summed E-state index contributed by atoms with van der Waals surface area (Å²) >= 11 is 0. The average molecular weight is 319 g/mol. The van der Waals surface area contributed by atoms with Crippen molar-refractivity contribution in [3.8, 4) is 5.75 Å². The summed E-state index contributed by atoms with van der Waals surface area (Å²) in [6.45, 7) is 1.48. The fourth-order valence-corrected chi connectivity index (χ4v) is 3.16. The van der Waals surface area contributed by atoms with Crippen LogP contribution >= 0.6 is 0 Å². The molecule has 0 spiro atoms. The van der Waals surface area contributed by atoms with Gasteiger partial charge < -0.3 is 14.7 Å². The van der Waals surface area contributed by atoms with Crippen LogP contribution in [0.1, 0.15) is 37.7 Å². The molecule has 1 fully saturated rings. The molecule has 23 heavy (non-hydrogen) atoms. The van der Waals surface area contributed by atoms with Gasteiger partial charge in [0.05, 0.1) is 7.11 Å². The molecule has 1 aliphatic heterocycles. The maximum Gasteiger partial charge on any atom is 0.303 e. The highest BCUT2D eigenvalue weighted by atomic mass is 16.5. The molecule has 5 heteroatoms. The second kappa shape index (κ2) is 8.56. The Labute approximate surface area is 137 Å². The van der Waals surface area contributed by atoms with E-state index in [9.17, 15) is 9.59 Å². The van der Waals surface area contributed by atoms with Crippen LogP contribution in [-0.2, 0) is 16.0 Å². The Balaban J connectivity index is 1.84. The van der Waals surface area contributed by atoms with Crippen molar-refractivity contribution in [2.24, 2.45) is 5.92 Å². The van der Waals surface area contributed by atoms with E-state index >= 15 is 0 Å². The normalized spacial score (nSPS) is 17.8. The number of rotatable bonds is 7. The van der Waals surface area contributed by atoms with Gasteiger partial charge >= 0.3 is 5.97 Å². The predicted molar refractivity (Wildman–Crippen MR) is 87.5 cm³/mol. The third-order valence-corrected chi connectivity index (χ3v) is 4.44. The number of nitrogens with zero attached hydrogens (tertiary/aromatic N) is 1. The summed E-state index contributed by atoms with van der Waals surface area (Å²) in [6, 6.07) is 7.76. The number of aryl methyl sites for hydroxylation is 1. The third kappa shape index (κ3) is 5.27. The number of likely N-dealkylation sites (tertiary alicyclic amines) is 1. The number of hydrogen-bond donors (Lipinski definition) is 1. The monoisotopic (exact) mass is 319 g/mol. The minimum Gasteiger partial charge on any atom is -0.496 e. The van der Waals surface area contributed by atoms with Crippen molar-refractivity contribution < 1.29 is 19.4 Å². The van der Waals surface area contributed by atoms with Crippen molar-refractivity contribution in [1.29, 1.82) is 0 Å². The highest BCUT2D eigenvalue weighted by Gasteiger charge is 2.23. The van der Waals surface area contributed by atoms with Crippen molar-refractivity contribution in [2.45, 2.75) is 38.5 Å². The molecule has 1 heterocycles. The summed E-state index contributed by atoms with van der Waals surface area (Å²) in [6.07, 6.45) is 3.96. The van der Waals surface area contributed by atoms with Gasteiger partial charge in [-0.2, -0.15) is 0 Å². The van der Waals surface area contributed by atoms with Gasteiger partial charge in [-0.05, 0) is 43.2 Å². The number of benzene rings is 1. The van der Waals surface area contributed by atoms with Gasteiger partial charge in [0.25, 0.3) is 0 Å². The Kier molecular flexibility index (Phi) is 6.44. The lowest BCUT2D eigenvalue weighted by Gasteiger charge is -2.32. The Morgan fingerprint density at radius 1 is 1.30 bits per heavy atom. The van der Waals surface area contributed by atoms with Crippen LogP contribution in [0.2, 0.25) is 0 Å². The zero-order valence-corrected chi connectivity index (χ0v) is 13.7. The van der Waals surface area contributed by atoms with Gasteiger partial charge in [0.15, 0.2) is 0 Å². The number of para-hydroxylation sites is 1. The molecule has 1 atom stereocenters. The lowest BCUT2D eigenvalue weighted by atomic mass is 9.93. The molecule has 1 N–H and O–H groups in total. The van der Waals surface area contributed by atoms with E-state index in [2.05, 4.69) is 0 Å². The lowest BCUT2D eigenvalue weighted by Crippen LogP contribution is -2.40. The molecule has 1 aliphatic rings. The van der Waals surface area contributed by atoms with Crippen molar-refractivity contribution in [3.05, 3.63) is 29.8 Å². The van der Waals surface area contributed by atoms with E-state index in [1.807, 2.05) is 29.2 Å². The number of aliphatic carboxylic acids is 1. The molecule has 2 rings (SSSR count). The number of carbonyl (C=O) groups is 2. The molecule has 0 saturated carbocycles. The fourth-order valence-electron chi connectivity index (χ4n) is 3.16. The molecular weight excluding hydrogens is 294 g/mol. The summed E-state index contributed by atoms with van der Waals surface area (Å²) in [5.74, 6) is 0.522. The minimum absolute atomic E-state index is 0.149. The molecule has 0 unspecified atom stereocenters. The maximum atomic E-state index is 12.4. The molecular formula is C18H25NO4. The fraction of sp³-hybridized carbons (Fsp3) is 0.556. The van der Waals surface area contributed by atoms with E-state index in [-0.39, 0.29) is 12.3 Å². The maximum absolute atomic E-state index is 12.4. The summed E-state index contributed by atoms with van der Waals surface area (Å²) < 4.78 is 5.31. The number of methoxy groups -OCH3 is 1. The molecule has 1 aromatic rings. The van der Waals surface area contributed by atoms with Gasteiger partial charge in [-0.3, -0.25) is 9.59 Å². The number of amides is 1. The van der Waals surface area contributed by atoms with Crippen LogP contribution in [0.25, 0.3) is 0 Å². The van der Waals surface area contributed by atoms with Gasteiger partial charge in [0.2, 0.25) is 5.91 Å². The molecule has 126 valence electrons. The molecule has 0 radical (unpaired) electrons. The van der Waals surface area contributed by atoms with Crippen LogP contribution < -0.4 is 4.74 Å². The van der Waals surface area contributed by atoms with Gasteiger partial charge in [0.1, 0.15) is 5.75 Å². The second-order valence-electron chi connectivity index (χ2n) is 6.09. The standard InChI is InChI=1S/C18H25NO4/c1-23-16-7-3-2-6-15(16)9-10-17(20)19-12-4-5-14(13-19)8-11-18(21)22/h2-3,6-7,14H,4-5,8-13H2,1H3,(H,21,22)/t14-/m0/s1. The minimum atomic E-state index is -0.760. The van der Waals surface area contributed by atoms with E-state index in [1.54, 1.807) is 7.11 Å². The lowest BCUT2D eigenvalue weighted by molar-refractivity contribution is -0.137. The largest absolute Gasteiger partial charge is 0.496 e. The smallest absolute Gasteiger partial charge is 0.303 e.